The maximum atomic E-state index is 13.5. The fraction of sp³-hybridized carbons (Fsp3) is 0.267. The predicted molar refractivity (Wildman–Crippen MR) is 153 cm³/mol. The fourth-order valence-electron chi connectivity index (χ4n) is 5.37. The molecule has 0 saturated carbocycles. The Morgan fingerprint density at radius 3 is 2.45 bits per heavy atom. The number of aromatic nitrogens is 5. The van der Waals surface area contributed by atoms with Gasteiger partial charge in [-0.1, -0.05) is 23.8 Å². The Hall–Kier alpha value is -4.70. The Balaban J connectivity index is 1.37. The van der Waals surface area contributed by atoms with Crippen LogP contribution in [0, 0.1) is 6.92 Å². The van der Waals surface area contributed by atoms with E-state index in [9.17, 15) is 9.90 Å². The van der Waals surface area contributed by atoms with E-state index < -0.39 is 6.04 Å². The molecule has 10 heteroatoms. The summed E-state index contributed by atoms with van der Waals surface area (Å²) < 4.78 is 7.07. The lowest BCUT2D eigenvalue weighted by Gasteiger charge is -2.39. The summed E-state index contributed by atoms with van der Waals surface area (Å²) in [7, 11) is 1.64. The summed E-state index contributed by atoms with van der Waals surface area (Å²) in [5.41, 5.74) is 4.45. The van der Waals surface area contributed by atoms with Crippen molar-refractivity contribution in [2.45, 2.75) is 19.5 Å². The number of nitrogens with one attached hydrogen (secondary N) is 1. The fourth-order valence-corrected chi connectivity index (χ4v) is 5.37. The highest BCUT2D eigenvalue weighted by atomic mass is 16.5. The van der Waals surface area contributed by atoms with E-state index in [2.05, 4.69) is 36.4 Å². The van der Waals surface area contributed by atoms with Gasteiger partial charge in [0.05, 0.1) is 13.7 Å². The van der Waals surface area contributed by atoms with Gasteiger partial charge >= 0.3 is 0 Å². The summed E-state index contributed by atoms with van der Waals surface area (Å²) in [5, 5.41) is 23.5. The Bertz CT molecular complexity index is 1670. The Labute approximate surface area is 231 Å². The minimum Gasteiger partial charge on any atom is -0.508 e. The van der Waals surface area contributed by atoms with Gasteiger partial charge in [0.1, 0.15) is 17.5 Å². The molecule has 2 N–H and O–H groups in total. The molecule has 1 atom stereocenters. The van der Waals surface area contributed by atoms with Gasteiger partial charge in [-0.25, -0.2) is 4.68 Å². The number of tetrazole rings is 1. The van der Waals surface area contributed by atoms with Gasteiger partial charge in [-0.2, -0.15) is 0 Å². The van der Waals surface area contributed by atoms with Crippen LogP contribution in [0.25, 0.3) is 10.9 Å². The molecule has 10 nitrogen and oxygen atoms in total. The van der Waals surface area contributed by atoms with Crippen LogP contribution >= 0.6 is 0 Å². The number of aryl methyl sites for hydroxylation is 1. The molecule has 40 heavy (non-hydrogen) atoms. The van der Waals surface area contributed by atoms with Crippen molar-refractivity contribution in [3.63, 3.8) is 0 Å². The van der Waals surface area contributed by atoms with Gasteiger partial charge in [0.2, 0.25) is 0 Å². The number of H-pyrrole nitrogens is 1. The van der Waals surface area contributed by atoms with Crippen molar-refractivity contribution in [3.8, 4) is 11.5 Å². The number of piperazine rings is 1. The molecule has 0 spiro atoms. The number of aromatic amines is 1. The molecular formula is C30H31N7O3. The lowest BCUT2D eigenvalue weighted by Crippen LogP contribution is -2.49. The molecule has 1 aliphatic rings. The predicted octanol–water partition coefficient (Wildman–Crippen LogP) is 3.50. The van der Waals surface area contributed by atoms with Crippen LogP contribution < -0.4 is 15.2 Å². The van der Waals surface area contributed by atoms with Crippen LogP contribution in [0.15, 0.2) is 77.6 Å². The van der Waals surface area contributed by atoms with Crippen LogP contribution in [0.2, 0.25) is 0 Å². The van der Waals surface area contributed by atoms with Crippen LogP contribution in [-0.4, -0.2) is 68.5 Å². The molecule has 0 radical (unpaired) electrons. The molecule has 1 unspecified atom stereocenters. The van der Waals surface area contributed by atoms with E-state index in [1.807, 2.05) is 61.5 Å². The zero-order chi connectivity index (χ0) is 27.6. The molecule has 1 saturated heterocycles. The van der Waals surface area contributed by atoms with E-state index in [1.165, 1.54) is 0 Å². The third-order valence-corrected chi connectivity index (χ3v) is 7.51. The first-order valence-corrected chi connectivity index (χ1v) is 13.3. The Kier molecular flexibility index (Phi) is 6.91. The number of pyridine rings is 1. The van der Waals surface area contributed by atoms with Crippen molar-refractivity contribution in [2.75, 3.05) is 38.2 Å². The van der Waals surface area contributed by atoms with Crippen LogP contribution in [0.1, 0.15) is 28.6 Å². The quantitative estimate of drug-likeness (QED) is 0.325. The highest BCUT2D eigenvalue weighted by Crippen LogP contribution is 2.30. The molecule has 6 rings (SSSR count). The summed E-state index contributed by atoms with van der Waals surface area (Å²) >= 11 is 0. The van der Waals surface area contributed by atoms with Gasteiger partial charge in [-0.3, -0.25) is 9.69 Å². The molecule has 204 valence electrons. The number of benzene rings is 3. The van der Waals surface area contributed by atoms with E-state index >= 15 is 0 Å². The van der Waals surface area contributed by atoms with Gasteiger partial charge in [0, 0.05) is 42.9 Å². The second-order valence-corrected chi connectivity index (χ2v) is 10.1. The number of hydrogen-bond donors (Lipinski definition) is 2. The molecule has 3 aromatic carbocycles. The highest BCUT2D eigenvalue weighted by molar-refractivity contribution is 5.79. The minimum absolute atomic E-state index is 0.152. The van der Waals surface area contributed by atoms with Crippen molar-refractivity contribution in [1.29, 1.82) is 0 Å². The summed E-state index contributed by atoms with van der Waals surface area (Å²) in [5.74, 6) is 1.64. The summed E-state index contributed by atoms with van der Waals surface area (Å²) in [4.78, 5) is 21.2. The van der Waals surface area contributed by atoms with Gasteiger partial charge in [0.25, 0.3) is 5.56 Å². The van der Waals surface area contributed by atoms with Gasteiger partial charge < -0.3 is 19.7 Å². The van der Waals surface area contributed by atoms with Crippen LogP contribution in [0.3, 0.4) is 0 Å². The van der Waals surface area contributed by atoms with Crippen LogP contribution in [0.4, 0.5) is 5.69 Å². The van der Waals surface area contributed by atoms with Crippen molar-refractivity contribution in [3.05, 3.63) is 106 Å². The van der Waals surface area contributed by atoms with Gasteiger partial charge in [0.15, 0.2) is 5.82 Å². The van der Waals surface area contributed by atoms with E-state index in [0.29, 0.717) is 31.0 Å². The topological polar surface area (TPSA) is 112 Å². The number of rotatable bonds is 7. The highest BCUT2D eigenvalue weighted by Gasteiger charge is 2.33. The number of methoxy groups -OCH3 is 1. The lowest BCUT2D eigenvalue weighted by molar-refractivity contribution is 0.200. The van der Waals surface area contributed by atoms with E-state index in [0.717, 1.165) is 46.6 Å². The number of aromatic hydroxyl groups is 1. The molecule has 0 bridgehead atoms. The summed E-state index contributed by atoms with van der Waals surface area (Å²) in [6.45, 7) is 5.41. The monoisotopic (exact) mass is 537 g/mol. The first-order valence-electron chi connectivity index (χ1n) is 13.3. The molecule has 5 aromatic rings. The number of hydrogen-bond acceptors (Lipinski definition) is 8. The minimum atomic E-state index is -0.441. The van der Waals surface area contributed by atoms with Gasteiger partial charge in [-0.15, -0.1) is 5.10 Å². The van der Waals surface area contributed by atoms with Crippen molar-refractivity contribution in [2.24, 2.45) is 0 Å². The zero-order valence-corrected chi connectivity index (χ0v) is 22.5. The SMILES string of the molecule is COc1ccc(Cn2nnnc2C(c2cc3cc(C)ccc3[nH]c2=O)N2CCN(c3ccc(O)cc3)CC2)cc1. The zero-order valence-electron chi connectivity index (χ0n) is 22.5. The average Bonchev–Trinajstić information content (AvgIpc) is 3.42. The molecule has 1 aliphatic heterocycles. The second kappa shape index (κ2) is 10.8. The first-order chi connectivity index (χ1) is 19.5. The number of ether oxygens (including phenoxy) is 1. The molecule has 3 heterocycles. The van der Waals surface area contributed by atoms with Crippen molar-refractivity contribution in [1.82, 2.24) is 30.1 Å². The summed E-state index contributed by atoms with van der Waals surface area (Å²) in [6, 6.07) is 22.6. The van der Waals surface area contributed by atoms with E-state index in [4.69, 9.17) is 4.74 Å². The molecule has 0 aliphatic carbocycles. The normalized spacial score (nSPS) is 14.9. The maximum Gasteiger partial charge on any atom is 0.253 e. The first kappa shape index (κ1) is 25.6. The molecule has 2 aromatic heterocycles. The Morgan fingerprint density at radius 2 is 1.73 bits per heavy atom. The Morgan fingerprint density at radius 1 is 0.975 bits per heavy atom. The molecular weight excluding hydrogens is 506 g/mol. The van der Waals surface area contributed by atoms with Crippen LogP contribution in [0.5, 0.6) is 11.5 Å². The van der Waals surface area contributed by atoms with E-state index in [-0.39, 0.29) is 11.3 Å². The third kappa shape index (κ3) is 5.13. The number of anilines is 1. The smallest absolute Gasteiger partial charge is 0.253 e. The maximum absolute atomic E-state index is 13.5. The van der Waals surface area contributed by atoms with Crippen molar-refractivity contribution < 1.29 is 9.84 Å². The van der Waals surface area contributed by atoms with Crippen LogP contribution in [-0.2, 0) is 6.54 Å². The lowest BCUT2D eigenvalue weighted by atomic mass is 10.0. The number of nitrogens with zero attached hydrogens (tertiary/aromatic N) is 6. The third-order valence-electron chi connectivity index (χ3n) is 7.51. The second-order valence-electron chi connectivity index (χ2n) is 10.1. The molecule has 0 amide bonds. The van der Waals surface area contributed by atoms with Gasteiger partial charge in [-0.05, 0) is 82.9 Å². The number of phenolic OH excluding ortho intramolecular Hbond substituents is 1. The summed E-state index contributed by atoms with van der Waals surface area (Å²) in [6.07, 6.45) is 0. The molecule has 1 fully saturated rings. The average molecular weight is 538 g/mol. The number of fused-ring (bicyclic) bond motifs is 1. The van der Waals surface area contributed by atoms with E-state index in [1.54, 1.807) is 23.9 Å². The number of phenols is 1. The standard InChI is InChI=1S/C30H31N7O3/c1-20-3-12-27-22(17-20)18-26(30(39)31-27)28(36-15-13-35(14-16-36)23-6-8-24(38)9-7-23)29-32-33-34-37(29)19-21-4-10-25(40-2)11-5-21/h3-12,17-18,28,38H,13-16,19H2,1-2H3,(H,31,39). The van der Waals surface area contributed by atoms with Crippen molar-refractivity contribution >= 4 is 16.6 Å². The largest absolute Gasteiger partial charge is 0.508 e.